The number of rotatable bonds is 2. The molecule has 4 rings (SSSR count). The van der Waals surface area contributed by atoms with Crippen molar-refractivity contribution >= 4 is 79.0 Å². The number of nitrogens with one attached hydrogen (secondary N) is 1. The molecule has 0 unspecified atom stereocenters. The van der Waals surface area contributed by atoms with Gasteiger partial charge in [-0.15, -0.1) is 11.3 Å². The molecule has 0 saturated carbocycles. The van der Waals surface area contributed by atoms with Gasteiger partial charge in [0.05, 0.1) is 27.8 Å². The van der Waals surface area contributed by atoms with Crippen LogP contribution in [0, 0.1) is 0 Å². The van der Waals surface area contributed by atoms with Gasteiger partial charge in [0.2, 0.25) is 5.28 Å². The van der Waals surface area contributed by atoms with E-state index in [1.54, 1.807) is 6.07 Å². The second-order valence-corrected chi connectivity index (χ2v) is 6.33. The van der Waals surface area contributed by atoms with Gasteiger partial charge in [0.25, 0.3) is 0 Å². The Labute approximate surface area is 136 Å². The van der Waals surface area contributed by atoms with Gasteiger partial charge in [-0.25, -0.2) is 4.98 Å². The Morgan fingerprint density at radius 2 is 1.95 bits per heavy atom. The molecule has 0 aliphatic heterocycles. The van der Waals surface area contributed by atoms with Gasteiger partial charge in [-0.1, -0.05) is 11.6 Å². The van der Waals surface area contributed by atoms with E-state index >= 15 is 0 Å². The van der Waals surface area contributed by atoms with Crippen LogP contribution in [-0.2, 0) is 0 Å². The van der Waals surface area contributed by atoms with E-state index in [4.69, 9.17) is 23.2 Å². The first-order valence-corrected chi connectivity index (χ1v) is 8.17. The van der Waals surface area contributed by atoms with Crippen molar-refractivity contribution in [2.45, 2.75) is 0 Å². The summed E-state index contributed by atoms with van der Waals surface area (Å²) in [6, 6.07) is 5.55. The highest BCUT2D eigenvalue weighted by atomic mass is 35.5. The van der Waals surface area contributed by atoms with E-state index in [0.717, 1.165) is 27.5 Å². The number of hydrogen-bond donors (Lipinski definition) is 1. The van der Waals surface area contributed by atoms with Crippen LogP contribution in [0.1, 0.15) is 0 Å². The van der Waals surface area contributed by atoms with E-state index in [9.17, 15) is 0 Å². The standard InChI is InChI=1S/C12H5Cl2N5S2/c13-6-1-2-7-9(19-21-18-7)8(6)15-10-5-3-4-20-11(5)17-12(14)16-10/h1-4H,(H,15,16,17). The highest BCUT2D eigenvalue weighted by molar-refractivity contribution is 7.16. The average Bonchev–Trinajstić information content (AvgIpc) is 3.09. The van der Waals surface area contributed by atoms with Crippen LogP contribution < -0.4 is 5.32 Å². The maximum atomic E-state index is 6.28. The van der Waals surface area contributed by atoms with Crippen LogP contribution in [0.5, 0.6) is 0 Å². The van der Waals surface area contributed by atoms with Crippen LogP contribution in [0.15, 0.2) is 23.6 Å². The maximum Gasteiger partial charge on any atom is 0.225 e. The number of anilines is 2. The normalized spacial score (nSPS) is 11.3. The smallest absolute Gasteiger partial charge is 0.225 e. The highest BCUT2D eigenvalue weighted by Gasteiger charge is 2.14. The number of fused-ring (bicyclic) bond motifs is 2. The molecule has 1 aromatic carbocycles. The predicted octanol–water partition coefficient (Wildman–Crippen LogP) is 4.75. The third-order valence-electron chi connectivity index (χ3n) is 2.92. The van der Waals surface area contributed by atoms with Crippen molar-refractivity contribution in [3.05, 3.63) is 33.9 Å². The van der Waals surface area contributed by atoms with Gasteiger partial charge >= 0.3 is 0 Å². The van der Waals surface area contributed by atoms with Crippen molar-refractivity contribution in [2.24, 2.45) is 0 Å². The van der Waals surface area contributed by atoms with Gasteiger partial charge in [0.15, 0.2) is 0 Å². The second kappa shape index (κ2) is 5.03. The fraction of sp³-hybridized carbons (Fsp3) is 0. The lowest BCUT2D eigenvalue weighted by atomic mass is 10.2. The molecule has 0 atom stereocenters. The number of hydrogen-bond acceptors (Lipinski definition) is 7. The number of halogens is 2. The van der Waals surface area contributed by atoms with E-state index in [-0.39, 0.29) is 5.28 Å². The minimum Gasteiger partial charge on any atom is -0.336 e. The fourth-order valence-electron chi connectivity index (χ4n) is 1.99. The first-order chi connectivity index (χ1) is 10.2. The van der Waals surface area contributed by atoms with E-state index in [1.165, 1.54) is 11.3 Å². The molecule has 3 aromatic heterocycles. The Balaban J connectivity index is 1.92. The van der Waals surface area contributed by atoms with Crippen molar-refractivity contribution in [1.82, 2.24) is 18.7 Å². The molecule has 0 spiro atoms. The van der Waals surface area contributed by atoms with Crippen molar-refractivity contribution in [1.29, 1.82) is 0 Å². The minimum atomic E-state index is 0.187. The lowest BCUT2D eigenvalue weighted by Gasteiger charge is -2.09. The van der Waals surface area contributed by atoms with Crippen molar-refractivity contribution in [3.8, 4) is 0 Å². The van der Waals surface area contributed by atoms with E-state index in [0.29, 0.717) is 22.0 Å². The third kappa shape index (κ3) is 2.22. The van der Waals surface area contributed by atoms with Crippen LogP contribution in [0.4, 0.5) is 11.5 Å². The summed E-state index contributed by atoms with van der Waals surface area (Å²) in [4.78, 5) is 9.25. The predicted molar refractivity (Wildman–Crippen MR) is 88.1 cm³/mol. The molecule has 0 saturated heterocycles. The van der Waals surface area contributed by atoms with Gasteiger partial charge in [-0.2, -0.15) is 13.7 Å². The molecule has 0 bridgehead atoms. The Morgan fingerprint density at radius 3 is 2.86 bits per heavy atom. The zero-order chi connectivity index (χ0) is 14.4. The molecule has 3 heterocycles. The van der Waals surface area contributed by atoms with Crippen molar-refractivity contribution in [3.63, 3.8) is 0 Å². The minimum absolute atomic E-state index is 0.187. The Hall–Kier alpha value is -1.54. The zero-order valence-electron chi connectivity index (χ0n) is 10.2. The number of thiophene rings is 1. The Kier molecular flexibility index (Phi) is 3.15. The van der Waals surface area contributed by atoms with Gasteiger partial charge in [0, 0.05) is 0 Å². The monoisotopic (exact) mass is 353 g/mol. The summed E-state index contributed by atoms with van der Waals surface area (Å²) in [5, 5.41) is 6.78. The summed E-state index contributed by atoms with van der Waals surface area (Å²) in [5.74, 6) is 0.605. The molecule has 9 heteroatoms. The SMILES string of the molecule is Clc1nc(Nc2c(Cl)ccc3nsnc23)c2ccsc2n1. The highest BCUT2D eigenvalue weighted by Crippen LogP contribution is 2.35. The average molecular weight is 354 g/mol. The van der Waals surface area contributed by atoms with E-state index < -0.39 is 0 Å². The summed E-state index contributed by atoms with van der Waals surface area (Å²) in [6.07, 6.45) is 0. The summed E-state index contributed by atoms with van der Waals surface area (Å²) >= 11 is 14.9. The summed E-state index contributed by atoms with van der Waals surface area (Å²) in [5.41, 5.74) is 2.17. The number of nitrogens with zero attached hydrogens (tertiary/aromatic N) is 4. The molecule has 0 amide bonds. The lowest BCUT2D eigenvalue weighted by Crippen LogP contribution is -1.97. The first kappa shape index (κ1) is 13.1. The first-order valence-electron chi connectivity index (χ1n) is 5.81. The molecular formula is C12H5Cl2N5S2. The zero-order valence-corrected chi connectivity index (χ0v) is 13.3. The Morgan fingerprint density at radius 1 is 1.05 bits per heavy atom. The molecule has 0 aliphatic carbocycles. The van der Waals surface area contributed by atoms with Crippen LogP contribution >= 0.6 is 46.3 Å². The molecule has 1 N–H and O–H groups in total. The molecule has 0 aliphatic rings. The molecule has 0 fully saturated rings. The van der Waals surface area contributed by atoms with Gasteiger partial charge < -0.3 is 5.32 Å². The van der Waals surface area contributed by atoms with Crippen molar-refractivity contribution in [2.75, 3.05) is 5.32 Å². The van der Waals surface area contributed by atoms with Crippen molar-refractivity contribution < 1.29 is 0 Å². The topological polar surface area (TPSA) is 63.6 Å². The van der Waals surface area contributed by atoms with Crippen LogP contribution in [-0.4, -0.2) is 18.7 Å². The quantitative estimate of drug-likeness (QED) is 0.527. The number of benzene rings is 1. The second-order valence-electron chi connectivity index (χ2n) is 4.16. The van der Waals surface area contributed by atoms with Crippen LogP contribution in [0.25, 0.3) is 21.3 Å². The van der Waals surface area contributed by atoms with Crippen LogP contribution in [0.3, 0.4) is 0 Å². The summed E-state index contributed by atoms with van der Waals surface area (Å²) in [7, 11) is 0. The molecule has 21 heavy (non-hydrogen) atoms. The maximum absolute atomic E-state index is 6.28. The summed E-state index contributed by atoms with van der Waals surface area (Å²) in [6.45, 7) is 0. The summed E-state index contributed by atoms with van der Waals surface area (Å²) < 4.78 is 8.48. The lowest BCUT2D eigenvalue weighted by molar-refractivity contribution is 1.23. The van der Waals surface area contributed by atoms with Gasteiger partial charge in [-0.3, -0.25) is 0 Å². The van der Waals surface area contributed by atoms with Gasteiger partial charge in [-0.05, 0) is 35.2 Å². The molecule has 104 valence electrons. The van der Waals surface area contributed by atoms with E-state index in [1.807, 2.05) is 17.5 Å². The molecular weight excluding hydrogens is 349 g/mol. The fourth-order valence-corrected chi connectivity index (χ4v) is 3.71. The molecule has 4 aromatic rings. The number of aromatic nitrogens is 4. The van der Waals surface area contributed by atoms with E-state index in [2.05, 4.69) is 24.0 Å². The van der Waals surface area contributed by atoms with Crippen LogP contribution in [0.2, 0.25) is 10.3 Å². The molecule has 5 nitrogen and oxygen atoms in total. The van der Waals surface area contributed by atoms with Gasteiger partial charge in [0.1, 0.15) is 21.7 Å². The molecule has 0 radical (unpaired) electrons. The largest absolute Gasteiger partial charge is 0.336 e. The Bertz CT molecular complexity index is 965. The third-order valence-corrected chi connectivity index (χ3v) is 4.75.